The molecule has 9 nitrogen and oxygen atoms in total. The minimum absolute atomic E-state index is 0.109. The molecule has 10 heteroatoms. The summed E-state index contributed by atoms with van der Waals surface area (Å²) in [5, 5.41) is 2.91. The van der Waals surface area contributed by atoms with E-state index in [0.717, 1.165) is 38.9 Å². The number of anilines is 1. The van der Waals surface area contributed by atoms with E-state index >= 15 is 0 Å². The molecule has 2 amide bonds. The van der Waals surface area contributed by atoms with Gasteiger partial charge < -0.3 is 15.0 Å². The molecule has 2 heterocycles. The van der Waals surface area contributed by atoms with E-state index in [0.29, 0.717) is 42.9 Å². The SMILES string of the molecule is CC(C)CN(CCCNC(=O)CN1C(=O)COc2ccc(S(=O)(=O)N3CCCC3)cc21)CC(C)C. The Morgan fingerprint density at radius 1 is 1.11 bits per heavy atom. The van der Waals surface area contributed by atoms with E-state index in [4.69, 9.17) is 4.74 Å². The molecule has 0 spiro atoms. The van der Waals surface area contributed by atoms with Crippen molar-refractivity contribution in [3.63, 3.8) is 0 Å². The zero-order valence-corrected chi connectivity index (χ0v) is 22.3. The lowest BCUT2D eigenvalue weighted by Crippen LogP contribution is -2.45. The van der Waals surface area contributed by atoms with Crippen molar-refractivity contribution in [3.8, 4) is 5.75 Å². The Bertz CT molecular complexity index is 980. The molecule has 1 fully saturated rings. The predicted molar refractivity (Wildman–Crippen MR) is 136 cm³/mol. The van der Waals surface area contributed by atoms with Gasteiger partial charge in [-0.3, -0.25) is 14.5 Å². The first-order valence-corrected chi connectivity index (χ1v) is 14.1. The number of hydrogen-bond acceptors (Lipinski definition) is 6. The Kier molecular flexibility index (Phi) is 9.54. The summed E-state index contributed by atoms with van der Waals surface area (Å²) in [4.78, 5) is 29.1. The Morgan fingerprint density at radius 2 is 1.77 bits per heavy atom. The van der Waals surface area contributed by atoms with Crippen LogP contribution in [0, 0.1) is 11.8 Å². The van der Waals surface area contributed by atoms with Crippen LogP contribution in [0.3, 0.4) is 0 Å². The van der Waals surface area contributed by atoms with E-state index in [1.54, 1.807) is 6.07 Å². The zero-order chi connectivity index (χ0) is 25.6. The summed E-state index contributed by atoms with van der Waals surface area (Å²) in [5.74, 6) is 0.905. The maximum absolute atomic E-state index is 13.0. The maximum atomic E-state index is 13.0. The molecule has 2 aliphatic rings. The number of benzene rings is 1. The molecule has 0 aromatic heterocycles. The number of hydrogen-bond donors (Lipinski definition) is 1. The van der Waals surface area contributed by atoms with E-state index in [1.165, 1.54) is 21.3 Å². The quantitative estimate of drug-likeness (QED) is 0.435. The lowest BCUT2D eigenvalue weighted by molar-refractivity contribution is -0.125. The molecule has 0 saturated carbocycles. The Balaban J connectivity index is 1.61. The molecule has 0 bridgehead atoms. The largest absolute Gasteiger partial charge is 0.482 e. The first kappa shape index (κ1) is 27.4. The fraction of sp³-hybridized carbons (Fsp3) is 0.680. The summed E-state index contributed by atoms with van der Waals surface area (Å²) < 4.78 is 32.9. The Hall–Kier alpha value is -2.17. The van der Waals surface area contributed by atoms with E-state index in [2.05, 4.69) is 37.9 Å². The first-order valence-electron chi connectivity index (χ1n) is 12.6. The van der Waals surface area contributed by atoms with Gasteiger partial charge in [-0.1, -0.05) is 27.7 Å². The van der Waals surface area contributed by atoms with Crippen molar-refractivity contribution in [2.24, 2.45) is 11.8 Å². The van der Waals surface area contributed by atoms with Crippen LogP contribution in [-0.4, -0.2) is 81.9 Å². The summed E-state index contributed by atoms with van der Waals surface area (Å²) in [6, 6.07) is 4.51. The van der Waals surface area contributed by atoms with Gasteiger partial charge in [-0.05, 0) is 55.8 Å². The van der Waals surface area contributed by atoms with Gasteiger partial charge in [-0.2, -0.15) is 4.31 Å². The molecule has 1 saturated heterocycles. The maximum Gasteiger partial charge on any atom is 0.265 e. The van der Waals surface area contributed by atoms with Gasteiger partial charge in [-0.15, -0.1) is 0 Å². The highest BCUT2D eigenvalue weighted by atomic mass is 32.2. The summed E-state index contributed by atoms with van der Waals surface area (Å²) in [6.45, 7) is 12.9. The average Bonchev–Trinajstić information content (AvgIpc) is 3.33. The first-order chi connectivity index (χ1) is 16.6. The molecule has 0 radical (unpaired) electrons. The Morgan fingerprint density at radius 3 is 2.40 bits per heavy atom. The molecule has 0 atom stereocenters. The van der Waals surface area contributed by atoms with E-state index < -0.39 is 10.0 Å². The molecule has 35 heavy (non-hydrogen) atoms. The molecular formula is C25H40N4O5S. The number of fused-ring (bicyclic) bond motifs is 1. The highest BCUT2D eigenvalue weighted by Gasteiger charge is 2.32. The molecule has 3 rings (SSSR count). The third-order valence-corrected chi connectivity index (χ3v) is 7.99. The van der Waals surface area contributed by atoms with Gasteiger partial charge in [0.25, 0.3) is 5.91 Å². The number of rotatable bonds is 12. The van der Waals surface area contributed by atoms with Crippen LogP contribution in [0.25, 0.3) is 0 Å². The highest BCUT2D eigenvalue weighted by molar-refractivity contribution is 7.89. The monoisotopic (exact) mass is 508 g/mol. The van der Waals surface area contributed by atoms with Gasteiger partial charge in [0.1, 0.15) is 12.3 Å². The standard InChI is InChI=1S/C25H40N4O5S/c1-19(2)15-27(16-20(3)4)11-7-10-26-24(30)17-29-22-14-21(8-9-23(22)34-18-25(29)31)35(32,33)28-12-5-6-13-28/h8-9,14,19-20H,5-7,10-13,15-18H2,1-4H3,(H,26,30). The van der Waals surface area contributed by atoms with Crippen molar-refractivity contribution in [2.75, 3.05) is 57.3 Å². The van der Waals surface area contributed by atoms with Crippen LogP contribution in [0.5, 0.6) is 5.75 Å². The van der Waals surface area contributed by atoms with Crippen molar-refractivity contribution in [1.29, 1.82) is 0 Å². The van der Waals surface area contributed by atoms with Gasteiger partial charge in [-0.25, -0.2) is 8.42 Å². The van der Waals surface area contributed by atoms with E-state index in [9.17, 15) is 18.0 Å². The summed E-state index contributed by atoms with van der Waals surface area (Å²) in [6.07, 6.45) is 2.49. The van der Waals surface area contributed by atoms with Crippen LogP contribution in [0.2, 0.25) is 0 Å². The minimum Gasteiger partial charge on any atom is -0.482 e. The molecule has 1 aromatic rings. The number of ether oxygens (including phenoxy) is 1. The molecule has 1 aromatic carbocycles. The molecular weight excluding hydrogens is 468 g/mol. The van der Waals surface area contributed by atoms with Gasteiger partial charge in [0.15, 0.2) is 6.61 Å². The van der Waals surface area contributed by atoms with Crippen molar-refractivity contribution in [2.45, 2.75) is 51.9 Å². The van der Waals surface area contributed by atoms with Crippen LogP contribution in [0.1, 0.15) is 47.0 Å². The van der Waals surface area contributed by atoms with Crippen molar-refractivity contribution >= 4 is 27.5 Å². The summed E-state index contributed by atoms with van der Waals surface area (Å²) in [7, 11) is -3.65. The fourth-order valence-corrected chi connectivity index (χ4v) is 6.15. The minimum atomic E-state index is -3.65. The van der Waals surface area contributed by atoms with E-state index in [-0.39, 0.29) is 29.9 Å². The van der Waals surface area contributed by atoms with Crippen LogP contribution < -0.4 is 15.0 Å². The van der Waals surface area contributed by atoms with Crippen molar-refractivity contribution < 1.29 is 22.7 Å². The number of carbonyl (C=O) groups is 2. The summed E-state index contributed by atoms with van der Waals surface area (Å²) >= 11 is 0. The molecule has 0 aliphatic carbocycles. The molecule has 0 unspecified atom stereocenters. The number of amides is 2. The summed E-state index contributed by atoms with van der Waals surface area (Å²) in [5.41, 5.74) is 0.316. The van der Waals surface area contributed by atoms with Crippen LogP contribution >= 0.6 is 0 Å². The average molecular weight is 509 g/mol. The number of sulfonamides is 1. The normalized spacial score (nSPS) is 16.8. The van der Waals surface area contributed by atoms with Crippen LogP contribution in [0.15, 0.2) is 23.1 Å². The smallest absolute Gasteiger partial charge is 0.265 e. The van der Waals surface area contributed by atoms with Gasteiger partial charge in [0.05, 0.1) is 10.6 Å². The zero-order valence-electron chi connectivity index (χ0n) is 21.5. The number of carbonyl (C=O) groups excluding carboxylic acids is 2. The topological polar surface area (TPSA) is 99.3 Å². The fourth-order valence-electron chi connectivity index (χ4n) is 4.61. The highest BCUT2D eigenvalue weighted by Crippen LogP contribution is 2.35. The lowest BCUT2D eigenvalue weighted by Gasteiger charge is -2.29. The second-order valence-electron chi connectivity index (χ2n) is 10.3. The van der Waals surface area contributed by atoms with E-state index in [1.807, 2.05) is 0 Å². The van der Waals surface area contributed by atoms with Crippen LogP contribution in [0.4, 0.5) is 5.69 Å². The second-order valence-corrected chi connectivity index (χ2v) is 12.2. The third-order valence-electron chi connectivity index (χ3n) is 6.10. The number of nitrogens with zero attached hydrogens (tertiary/aromatic N) is 3. The van der Waals surface area contributed by atoms with Gasteiger partial charge in [0, 0.05) is 32.7 Å². The number of nitrogens with one attached hydrogen (secondary N) is 1. The molecule has 196 valence electrons. The van der Waals surface area contributed by atoms with Crippen molar-refractivity contribution in [3.05, 3.63) is 18.2 Å². The molecule has 2 aliphatic heterocycles. The predicted octanol–water partition coefficient (Wildman–Crippen LogP) is 2.32. The van der Waals surface area contributed by atoms with Gasteiger partial charge in [0.2, 0.25) is 15.9 Å². The Labute approximate surface area is 209 Å². The second kappa shape index (κ2) is 12.2. The van der Waals surface area contributed by atoms with Crippen LogP contribution in [-0.2, 0) is 19.6 Å². The third kappa shape index (κ3) is 7.41. The van der Waals surface area contributed by atoms with Crippen molar-refractivity contribution in [1.82, 2.24) is 14.5 Å². The molecule has 1 N–H and O–H groups in total. The van der Waals surface area contributed by atoms with Gasteiger partial charge >= 0.3 is 0 Å². The lowest BCUT2D eigenvalue weighted by atomic mass is 10.1.